The molecule has 0 bridgehead atoms. The maximum Gasteiger partial charge on any atom is 0.249 e. The lowest BCUT2D eigenvalue weighted by atomic mass is 10.2. The quantitative estimate of drug-likeness (QED) is 0.509. The highest BCUT2D eigenvalue weighted by atomic mass is 16.5. The van der Waals surface area contributed by atoms with E-state index in [0.29, 0.717) is 24.8 Å². The van der Waals surface area contributed by atoms with E-state index in [2.05, 4.69) is 15.5 Å². The van der Waals surface area contributed by atoms with Gasteiger partial charge in [0.05, 0.1) is 12.2 Å². The summed E-state index contributed by atoms with van der Waals surface area (Å²) in [7, 11) is 0. The number of hydrogen-bond donors (Lipinski definition) is 1. The highest BCUT2D eigenvalue weighted by Crippen LogP contribution is 2.30. The second-order valence-electron chi connectivity index (χ2n) is 6.55. The molecule has 148 valence electrons. The summed E-state index contributed by atoms with van der Waals surface area (Å²) in [4.78, 5) is 12.6. The zero-order valence-electron chi connectivity index (χ0n) is 16.4. The number of aryl methyl sites for hydroxylation is 1. The Balaban J connectivity index is 1.56. The standard InChI is InChI=1S/C22H22N4O3/c1-3-21-24-25-22(29-21)18-13-26(19-8-6-5-7-17(18)19)14-20(27)23-15-9-11-16(12-10-15)28-4-2/h5-13H,3-4,14H2,1-2H3,(H,23,27). The molecule has 0 saturated carbocycles. The van der Waals surface area contributed by atoms with Crippen molar-refractivity contribution in [2.45, 2.75) is 26.8 Å². The molecule has 7 nitrogen and oxygen atoms in total. The Morgan fingerprint density at radius 3 is 2.62 bits per heavy atom. The molecule has 0 atom stereocenters. The molecule has 0 aliphatic rings. The third kappa shape index (κ3) is 3.99. The maximum atomic E-state index is 12.6. The predicted molar refractivity (Wildman–Crippen MR) is 111 cm³/mol. The highest BCUT2D eigenvalue weighted by Gasteiger charge is 2.16. The number of anilines is 1. The van der Waals surface area contributed by atoms with E-state index in [4.69, 9.17) is 9.15 Å². The molecule has 0 saturated heterocycles. The predicted octanol–water partition coefficient (Wildman–Crippen LogP) is 4.29. The fourth-order valence-electron chi connectivity index (χ4n) is 3.21. The van der Waals surface area contributed by atoms with Gasteiger partial charge in [-0.15, -0.1) is 10.2 Å². The van der Waals surface area contributed by atoms with Gasteiger partial charge in [-0.3, -0.25) is 4.79 Å². The summed E-state index contributed by atoms with van der Waals surface area (Å²) in [6.07, 6.45) is 2.56. The van der Waals surface area contributed by atoms with E-state index in [9.17, 15) is 4.79 Å². The topological polar surface area (TPSA) is 82.2 Å². The number of aromatic nitrogens is 3. The number of nitrogens with one attached hydrogen (secondary N) is 1. The Hall–Kier alpha value is -3.61. The largest absolute Gasteiger partial charge is 0.494 e. The van der Waals surface area contributed by atoms with Gasteiger partial charge in [0.15, 0.2) is 0 Å². The van der Waals surface area contributed by atoms with Gasteiger partial charge in [0, 0.05) is 29.2 Å². The van der Waals surface area contributed by atoms with E-state index in [0.717, 1.165) is 27.9 Å². The molecule has 0 aliphatic heterocycles. The van der Waals surface area contributed by atoms with Crippen LogP contribution in [0.1, 0.15) is 19.7 Å². The lowest BCUT2D eigenvalue weighted by Crippen LogP contribution is -2.18. The Kier molecular flexibility index (Phi) is 5.29. The minimum Gasteiger partial charge on any atom is -0.494 e. The lowest BCUT2D eigenvalue weighted by molar-refractivity contribution is -0.116. The summed E-state index contributed by atoms with van der Waals surface area (Å²) in [5.74, 6) is 1.70. The van der Waals surface area contributed by atoms with Crippen molar-refractivity contribution >= 4 is 22.5 Å². The number of fused-ring (bicyclic) bond motifs is 1. The van der Waals surface area contributed by atoms with Crippen LogP contribution in [0, 0.1) is 0 Å². The molecule has 1 amide bonds. The Morgan fingerprint density at radius 1 is 1.10 bits per heavy atom. The van der Waals surface area contributed by atoms with Crippen molar-refractivity contribution in [3.63, 3.8) is 0 Å². The molecule has 0 unspecified atom stereocenters. The summed E-state index contributed by atoms with van der Waals surface area (Å²) in [5.41, 5.74) is 2.47. The number of amides is 1. The monoisotopic (exact) mass is 390 g/mol. The first-order chi connectivity index (χ1) is 14.2. The molecule has 0 radical (unpaired) electrons. The average Bonchev–Trinajstić information content (AvgIpc) is 3.35. The van der Waals surface area contributed by atoms with Crippen LogP contribution in [-0.4, -0.2) is 27.3 Å². The lowest BCUT2D eigenvalue weighted by Gasteiger charge is -2.08. The van der Waals surface area contributed by atoms with E-state index >= 15 is 0 Å². The SMILES string of the molecule is CCOc1ccc(NC(=O)Cn2cc(-c3nnc(CC)o3)c3ccccc32)cc1. The molecule has 0 spiro atoms. The molecule has 4 rings (SSSR count). The first-order valence-electron chi connectivity index (χ1n) is 9.61. The normalized spacial score (nSPS) is 11.0. The molecule has 0 fully saturated rings. The minimum absolute atomic E-state index is 0.124. The van der Waals surface area contributed by atoms with Gasteiger partial charge in [-0.1, -0.05) is 25.1 Å². The van der Waals surface area contributed by atoms with Gasteiger partial charge in [0.1, 0.15) is 12.3 Å². The average molecular weight is 390 g/mol. The molecule has 2 heterocycles. The number of carbonyl (C=O) groups excluding carboxylic acids is 1. The highest BCUT2D eigenvalue weighted by molar-refractivity contribution is 5.96. The van der Waals surface area contributed by atoms with E-state index in [-0.39, 0.29) is 12.5 Å². The molecular formula is C22H22N4O3. The number of rotatable bonds is 7. The van der Waals surface area contributed by atoms with Gasteiger partial charge in [-0.25, -0.2) is 0 Å². The first-order valence-corrected chi connectivity index (χ1v) is 9.61. The van der Waals surface area contributed by atoms with Gasteiger partial charge >= 0.3 is 0 Å². The number of para-hydroxylation sites is 1. The van der Waals surface area contributed by atoms with Gasteiger partial charge in [-0.2, -0.15) is 0 Å². The summed E-state index contributed by atoms with van der Waals surface area (Å²) >= 11 is 0. The minimum atomic E-state index is -0.124. The van der Waals surface area contributed by atoms with Gasteiger partial charge in [-0.05, 0) is 37.3 Å². The van der Waals surface area contributed by atoms with Crippen molar-refractivity contribution in [3.05, 3.63) is 60.6 Å². The van der Waals surface area contributed by atoms with Crippen LogP contribution in [0.25, 0.3) is 22.4 Å². The summed E-state index contributed by atoms with van der Waals surface area (Å²) in [6.45, 7) is 4.67. The van der Waals surface area contributed by atoms with Gasteiger partial charge in [0.25, 0.3) is 0 Å². The number of nitrogens with zero attached hydrogens (tertiary/aromatic N) is 3. The Morgan fingerprint density at radius 2 is 1.90 bits per heavy atom. The molecule has 29 heavy (non-hydrogen) atoms. The van der Waals surface area contributed by atoms with Crippen LogP contribution < -0.4 is 10.1 Å². The maximum absolute atomic E-state index is 12.6. The molecule has 0 aliphatic carbocycles. The fraction of sp³-hybridized carbons (Fsp3) is 0.227. The van der Waals surface area contributed by atoms with E-state index in [1.807, 2.05) is 73.1 Å². The molecular weight excluding hydrogens is 368 g/mol. The summed E-state index contributed by atoms with van der Waals surface area (Å²) in [5, 5.41) is 12.1. The third-order valence-corrected chi connectivity index (χ3v) is 4.55. The van der Waals surface area contributed by atoms with Gasteiger partial charge in [0.2, 0.25) is 17.7 Å². The van der Waals surface area contributed by atoms with Crippen molar-refractivity contribution in [1.82, 2.24) is 14.8 Å². The van der Waals surface area contributed by atoms with E-state index in [1.165, 1.54) is 0 Å². The number of ether oxygens (including phenoxy) is 1. The van der Waals surface area contributed by atoms with Crippen LogP contribution >= 0.6 is 0 Å². The fourth-order valence-corrected chi connectivity index (χ4v) is 3.21. The second kappa shape index (κ2) is 8.18. The summed E-state index contributed by atoms with van der Waals surface area (Å²) < 4.78 is 13.0. The summed E-state index contributed by atoms with van der Waals surface area (Å²) in [6, 6.07) is 15.2. The van der Waals surface area contributed by atoms with Crippen molar-refractivity contribution < 1.29 is 13.9 Å². The zero-order chi connectivity index (χ0) is 20.2. The molecule has 2 aromatic heterocycles. The number of hydrogen-bond acceptors (Lipinski definition) is 5. The first kappa shape index (κ1) is 18.7. The van der Waals surface area contributed by atoms with Crippen LogP contribution in [-0.2, 0) is 17.8 Å². The van der Waals surface area contributed by atoms with E-state index < -0.39 is 0 Å². The molecule has 4 aromatic rings. The zero-order valence-corrected chi connectivity index (χ0v) is 16.4. The van der Waals surface area contributed by atoms with Crippen LogP contribution in [0.4, 0.5) is 5.69 Å². The van der Waals surface area contributed by atoms with Crippen molar-refractivity contribution in [1.29, 1.82) is 0 Å². The smallest absolute Gasteiger partial charge is 0.249 e. The van der Waals surface area contributed by atoms with E-state index in [1.54, 1.807) is 0 Å². The molecule has 1 N–H and O–H groups in total. The van der Waals surface area contributed by atoms with Crippen LogP contribution in [0.3, 0.4) is 0 Å². The third-order valence-electron chi connectivity index (χ3n) is 4.55. The number of carbonyl (C=O) groups is 1. The second-order valence-corrected chi connectivity index (χ2v) is 6.55. The van der Waals surface area contributed by atoms with Crippen molar-refractivity contribution in [3.8, 4) is 17.2 Å². The van der Waals surface area contributed by atoms with Crippen LogP contribution in [0.15, 0.2) is 59.1 Å². The van der Waals surface area contributed by atoms with Crippen LogP contribution in [0.5, 0.6) is 5.75 Å². The molecule has 2 aromatic carbocycles. The number of benzene rings is 2. The Labute approximate surface area is 168 Å². The van der Waals surface area contributed by atoms with Gasteiger partial charge < -0.3 is 19.0 Å². The van der Waals surface area contributed by atoms with Crippen molar-refractivity contribution in [2.75, 3.05) is 11.9 Å². The van der Waals surface area contributed by atoms with Crippen molar-refractivity contribution in [2.24, 2.45) is 0 Å². The van der Waals surface area contributed by atoms with Crippen LogP contribution in [0.2, 0.25) is 0 Å². The molecule has 7 heteroatoms. The Bertz CT molecular complexity index is 1130.